The second-order valence-corrected chi connectivity index (χ2v) is 8.23. The number of hydrogen-bond donors (Lipinski definition) is 1. The average Bonchev–Trinajstić information content (AvgIpc) is 3.02. The molecule has 1 atom stereocenters. The van der Waals surface area contributed by atoms with E-state index in [2.05, 4.69) is 5.32 Å². The van der Waals surface area contributed by atoms with E-state index < -0.39 is 10.0 Å². The number of anilines is 1. The van der Waals surface area contributed by atoms with Gasteiger partial charge in [0.25, 0.3) is 0 Å². The summed E-state index contributed by atoms with van der Waals surface area (Å²) in [6.45, 7) is 3.92. The third-order valence-corrected chi connectivity index (χ3v) is 5.29. The van der Waals surface area contributed by atoms with Crippen molar-refractivity contribution in [2.24, 2.45) is 5.92 Å². The monoisotopic (exact) mass is 354 g/mol. The first kappa shape index (κ1) is 18.7. The molecule has 1 aromatic carbocycles. The van der Waals surface area contributed by atoms with Crippen molar-refractivity contribution in [3.63, 3.8) is 0 Å². The minimum Gasteiger partial charge on any atom is -0.381 e. The van der Waals surface area contributed by atoms with Gasteiger partial charge in [0.15, 0.2) is 0 Å². The standard InChI is InChI=1S/C17H26N2O4S/c1-14-5-7-16(8-6-14)19(24(2,21)22)12-17(20)18-10-3-4-15-9-11-23-13-15/h5-8,15H,3-4,9-13H2,1-2H3,(H,18,20)/t15-/m1/s1. The Morgan fingerprint density at radius 2 is 2.04 bits per heavy atom. The van der Waals surface area contributed by atoms with Crippen molar-refractivity contribution in [3.05, 3.63) is 29.8 Å². The average molecular weight is 354 g/mol. The van der Waals surface area contributed by atoms with E-state index >= 15 is 0 Å². The Bertz CT molecular complexity index is 637. The number of carbonyl (C=O) groups excluding carboxylic acids is 1. The van der Waals surface area contributed by atoms with Gasteiger partial charge in [0.1, 0.15) is 6.54 Å². The summed E-state index contributed by atoms with van der Waals surface area (Å²) < 4.78 is 30.4. The molecule has 134 valence electrons. The number of benzene rings is 1. The summed E-state index contributed by atoms with van der Waals surface area (Å²) >= 11 is 0. The van der Waals surface area contributed by atoms with Gasteiger partial charge in [0.2, 0.25) is 15.9 Å². The molecule has 1 aliphatic rings. The lowest BCUT2D eigenvalue weighted by Crippen LogP contribution is -2.40. The smallest absolute Gasteiger partial charge is 0.240 e. The van der Waals surface area contributed by atoms with Crippen LogP contribution in [0.4, 0.5) is 5.69 Å². The Balaban J connectivity index is 1.84. The summed E-state index contributed by atoms with van der Waals surface area (Å²) in [7, 11) is -3.51. The summed E-state index contributed by atoms with van der Waals surface area (Å²) in [4.78, 5) is 12.1. The fourth-order valence-corrected chi connectivity index (χ4v) is 3.58. The number of carbonyl (C=O) groups is 1. The highest BCUT2D eigenvalue weighted by Crippen LogP contribution is 2.18. The van der Waals surface area contributed by atoms with Gasteiger partial charge in [0, 0.05) is 19.8 Å². The molecule has 1 N–H and O–H groups in total. The van der Waals surface area contributed by atoms with Crippen molar-refractivity contribution in [2.45, 2.75) is 26.2 Å². The third-order valence-electron chi connectivity index (χ3n) is 4.14. The third kappa shape index (κ3) is 5.79. The van der Waals surface area contributed by atoms with E-state index in [9.17, 15) is 13.2 Å². The van der Waals surface area contributed by atoms with E-state index in [0.717, 1.165) is 48.6 Å². The molecule has 0 aromatic heterocycles. The van der Waals surface area contributed by atoms with Crippen LogP contribution in [-0.2, 0) is 19.6 Å². The first-order valence-electron chi connectivity index (χ1n) is 8.25. The summed E-state index contributed by atoms with van der Waals surface area (Å²) in [5, 5.41) is 2.80. The molecule has 1 saturated heterocycles. The molecule has 1 fully saturated rings. The molecule has 1 aliphatic heterocycles. The Morgan fingerprint density at radius 3 is 2.62 bits per heavy atom. The summed E-state index contributed by atoms with van der Waals surface area (Å²) in [5.41, 5.74) is 1.54. The van der Waals surface area contributed by atoms with Crippen molar-refractivity contribution >= 4 is 21.6 Å². The van der Waals surface area contributed by atoms with Gasteiger partial charge in [-0.3, -0.25) is 9.10 Å². The van der Waals surface area contributed by atoms with Crippen LogP contribution >= 0.6 is 0 Å². The van der Waals surface area contributed by atoms with E-state index in [0.29, 0.717) is 18.2 Å². The maximum atomic E-state index is 12.1. The second kappa shape index (κ2) is 8.48. The number of nitrogens with one attached hydrogen (secondary N) is 1. The largest absolute Gasteiger partial charge is 0.381 e. The highest BCUT2D eigenvalue weighted by atomic mass is 32.2. The molecule has 0 bridgehead atoms. The zero-order valence-corrected chi connectivity index (χ0v) is 15.1. The van der Waals surface area contributed by atoms with Gasteiger partial charge < -0.3 is 10.1 Å². The van der Waals surface area contributed by atoms with Gasteiger partial charge in [-0.1, -0.05) is 17.7 Å². The molecule has 1 aromatic rings. The lowest BCUT2D eigenvalue weighted by Gasteiger charge is -2.22. The van der Waals surface area contributed by atoms with E-state index in [4.69, 9.17) is 4.74 Å². The Morgan fingerprint density at radius 1 is 1.33 bits per heavy atom. The zero-order valence-electron chi connectivity index (χ0n) is 14.3. The molecular weight excluding hydrogens is 328 g/mol. The number of aryl methyl sites for hydroxylation is 1. The number of amides is 1. The maximum Gasteiger partial charge on any atom is 0.240 e. The van der Waals surface area contributed by atoms with E-state index in [1.165, 1.54) is 0 Å². The quantitative estimate of drug-likeness (QED) is 0.721. The minimum absolute atomic E-state index is 0.200. The Hall–Kier alpha value is -1.60. The predicted molar refractivity (Wildman–Crippen MR) is 94.5 cm³/mol. The van der Waals surface area contributed by atoms with Crippen molar-refractivity contribution < 1.29 is 17.9 Å². The van der Waals surface area contributed by atoms with E-state index in [-0.39, 0.29) is 12.5 Å². The van der Waals surface area contributed by atoms with E-state index in [1.807, 2.05) is 19.1 Å². The molecule has 0 saturated carbocycles. The first-order valence-corrected chi connectivity index (χ1v) is 10.1. The highest BCUT2D eigenvalue weighted by molar-refractivity contribution is 7.92. The lowest BCUT2D eigenvalue weighted by atomic mass is 10.0. The van der Waals surface area contributed by atoms with E-state index in [1.54, 1.807) is 12.1 Å². The molecule has 0 spiro atoms. The number of ether oxygens (including phenoxy) is 1. The molecule has 6 nitrogen and oxygen atoms in total. The van der Waals surface area contributed by atoms with Crippen LogP contribution in [0.1, 0.15) is 24.8 Å². The maximum absolute atomic E-state index is 12.1. The Kier molecular flexibility index (Phi) is 6.62. The molecule has 24 heavy (non-hydrogen) atoms. The van der Waals surface area contributed by atoms with Crippen LogP contribution in [0, 0.1) is 12.8 Å². The van der Waals surface area contributed by atoms with Gasteiger partial charge in [0.05, 0.1) is 11.9 Å². The van der Waals surface area contributed by atoms with Crippen LogP contribution in [0.25, 0.3) is 0 Å². The van der Waals surface area contributed by atoms with Gasteiger partial charge >= 0.3 is 0 Å². The number of hydrogen-bond acceptors (Lipinski definition) is 4. The van der Waals surface area contributed by atoms with Crippen molar-refractivity contribution in [2.75, 3.05) is 36.9 Å². The number of sulfonamides is 1. The van der Waals surface area contributed by atoms with Crippen LogP contribution < -0.4 is 9.62 Å². The van der Waals surface area contributed by atoms with Gasteiger partial charge in [-0.25, -0.2) is 8.42 Å². The molecule has 7 heteroatoms. The number of rotatable bonds is 8. The normalized spacial score (nSPS) is 17.7. The second-order valence-electron chi connectivity index (χ2n) is 6.33. The van der Waals surface area contributed by atoms with Gasteiger partial charge in [-0.05, 0) is 44.2 Å². The molecule has 0 unspecified atom stereocenters. The van der Waals surface area contributed by atoms with Crippen molar-refractivity contribution in [1.82, 2.24) is 5.32 Å². The topological polar surface area (TPSA) is 75.7 Å². The van der Waals surface area contributed by atoms with Crippen LogP contribution in [0.5, 0.6) is 0 Å². The first-order chi connectivity index (χ1) is 11.4. The molecule has 0 aliphatic carbocycles. The summed E-state index contributed by atoms with van der Waals surface area (Å²) in [6.07, 6.45) is 4.10. The summed E-state index contributed by atoms with van der Waals surface area (Å²) in [5.74, 6) is 0.297. The predicted octanol–water partition coefficient (Wildman–Crippen LogP) is 1.69. The Labute approximate surface area is 144 Å². The molecule has 1 amide bonds. The molecule has 2 rings (SSSR count). The van der Waals surface area contributed by atoms with Gasteiger partial charge in [-0.15, -0.1) is 0 Å². The number of nitrogens with zero attached hydrogens (tertiary/aromatic N) is 1. The molecule has 0 radical (unpaired) electrons. The molecule has 1 heterocycles. The fraction of sp³-hybridized carbons (Fsp3) is 0.588. The minimum atomic E-state index is -3.51. The SMILES string of the molecule is Cc1ccc(N(CC(=O)NCCC[C@@H]2CCOC2)S(C)(=O)=O)cc1. The van der Waals surface area contributed by atoms with Crippen LogP contribution in [0.3, 0.4) is 0 Å². The zero-order chi connectivity index (χ0) is 17.6. The van der Waals surface area contributed by atoms with Crippen LogP contribution in [0.2, 0.25) is 0 Å². The lowest BCUT2D eigenvalue weighted by molar-refractivity contribution is -0.119. The van der Waals surface area contributed by atoms with Crippen molar-refractivity contribution in [3.8, 4) is 0 Å². The van der Waals surface area contributed by atoms with Crippen LogP contribution in [-0.4, -0.2) is 46.9 Å². The van der Waals surface area contributed by atoms with Crippen LogP contribution in [0.15, 0.2) is 24.3 Å². The summed E-state index contributed by atoms with van der Waals surface area (Å²) in [6, 6.07) is 7.08. The highest BCUT2D eigenvalue weighted by Gasteiger charge is 2.20. The fourth-order valence-electron chi connectivity index (χ4n) is 2.73. The van der Waals surface area contributed by atoms with Gasteiger partial charge in [-0.2, -0.15) is 0 Å². The molecular formula is C17H26N2O4S. The van der Waals surface area contributed by atoms with Crippen molar-refractivity contribution in [1.29, 1.82) is 0 Å².